The van der Waals surface area contributed by atoms with E-state index in [1.165, 1.54) is 25.7 Å². The average Bonchev–Trinajstić information content (AvgIpc) is 2.82. The number of nitrogens with two attached hydrogens (primary N) is 1. The van der Waals surface area contributed by atoms with Crippen molar-refractivity contribution in [3.63, 3.8) is 0 Å². The van der Waals surface area contributed by atoms with E-state index >= 15 is 0 Å². The molecule has 2 rings (SSSR count). The molecule has 1 saturated heterocycles. The van der Waals surface area contributed by atoms with Gasteiger partial charge in [0.05, 0.1) is 12.1 Å². The van der Waals surface area contributed by atoms with Crippen molar-refractivity contribution >= 4 is 5.96 Å². The smallest absolute Gasteiger partial charge is 0.191 e. The van der Waals surface area contributed by atoms with Crippen LogP contribution < -0.4 is 5.73 Å². The van der Waals surface area contributed by atoms with Gasteiger partial charge in [0.2, 0.25) is 0 Å². The number of nitrogens with zero attached hydrogens (tertiary/aromatic N) is 2. The fourth-order valence-electron chi connectivity index (χ4n) is 2.91. The molecule has 2 aliphatic rings. The monoisotopic (exact) mass is 239 g/mol. The zero-order valence-electron chi connectivity index (χ0n) is 10.8. The summed E-state index contributed by atoms with van der Waals surface area (Å²) in [7, 11) is 0. The summed E-state index contributed by atoms with van der Waals surface area (Å²) in [5, 5.41) is 9.55. The first-order valence-corrected chi connectivity index (χ1v) is 6.93. The number of rotatable bonds is 2. The molecule has 98 valence electrons. The summed E-state index contributed by atoms with van der Waals surface area (Å²) in [5.74, 6) is 1.16. The van der Waals surface area contributed by atoms with Gasteiger partial charge >= 0.3 is 0 Å². The van der Waals surface area contributed by atoms with Crippen molar-refractivity contribution in [2.24, 2.45) is 16.6 Å². The number of aliphatic hydroxyl groups is 1. The minimum absolute atomic E-state index is 0.190. The molecule has 0 spiro atoms. The quantitative estimate of drug-likeness (QED) is 0.564. The normalized spacial score (nSPS) is 26.5. The van der Waals surface area contributed by atoms with E-state index in [1.54, 1.807) is 0 Å². The summed E-state index contributed by atoms with van der Waals surface area (Å²) < 4.78 is 0. The first-order valence-electron chi connectivity index (χ1n) is 6.93. The van der Waals surface area contributed by atoms with E-state index < -0.39 is 0 Å². The molecule has 1 saturated carbocycles. The van der Waals surface area contributed by atoms with Crippen molar-refractivity contribution in [3.8, 4) is 0 Å². The predicted molar refractivity (Wildman–Crippen MR) is 69.9 cm³/mol. The Hall–Kier alpha value is -0.770. The summed E-state index contributed by atoms with van der Waals surface area (Å²) in [4.78, 5) is 6.81. The summed E-state index contributed by atoms with van der Waals surface area (Å²) in [6.07, 6.45) is 6.86. The van der Waals surface area contributed by atoms with Crippen LogP contribution in [0.5, 0.6) is 0 Å². The second-order valence-electron chi connectivity index (χ2n) is 5.49. The summed E-state index contributed by atoms with van der Waals surface area (Å²) >= 11 is 0. The van der Waals surface area contributed by atoms with Crippen molar-refractivity contribution in [2.45, 2.75) is 57.6 Å². The molecule has 17 heavy (non-hydrogen) atoms. The fourth-order valence-corrected chi connectivity index (χ4v) is 2.91. The van der Waals surface area contributed by atoms with Gasteiger partial charge in [0.1, 0.15) is 0 Å². The zero-order valence-corrected chi connectivity index (χ0v) is 10.8. The van der Waals surface area contributed by atoms with E-state index in [2.05, 4.69) is 9.89 Å². The van der Waals surface area contributed by atoms with Gasteiger partial charge in [0, 0.05) is 13.1 Å². The molecular weight excluding hydrogens is 214 g/mol. The van der Waals surface area contributed by atoms with Crippen LogP contribution in [0.4, 0.5) is 0 Å². The van der Waals surface area contributed by atoms with Crippen molar-refractivity contribution in [1.29, 1.82) is 0 Å². The summed E-state index contributed by atoms with van der Waals surface area (Å²) in [6.45, 7) is 3.77. The van der Waals surface area contributed by atoms with Crippen LogP contribution in [0.15, 0.2) is 4.99 Å². The van der Waals surface area contributed by atoms with Crippen LogP contribution in [0, 0.1) is 5.92 Å². The number of aliphatic imine (C=N–C) groups is 1. The van der Waals surface area contributed by atoms with Crippen molar-refractivity contribution in [2.75, 3.05) is 13.1 Å². The van der Waals surface area contributed by atoms with Gasteiger partial charge in [-0.15, -0.1) is 0 Å². The standard InChI is InChI=1S/C13H25N3O/c1-10(17)11-6-8-16(9-7-11)13(14)15-12-4-2-3-5-12/h10-12,17H,2-9H2,1H3,(H2,14,15). The number of guanidine groups is 1. The third-order valence-electron chi connectivity index (χ3n) is 4.19. The SMILES string of the molecule is CC(O)C1CCN(C(N)=NC2CCCC2)CC1. The van der Waals surface area contributed by atoms with Gasteiger partial charge < -0.3 is 15.7 Å². The molecule has 1 unspecified atom stereocenters. The molecule has 0 radical (unpaired) electrons. The second-order valence-corrected chi connectivity index (χ2v) is 5.49. The molecule has 0 bridgehead atoms. The molecule has 2 fully saturated rings. The molecule has 1 aliphatic carbocycles. The Morgan fingerprint density at radius 2 is 1.82 bits per heavy atom. The Morgan fingerprint density at radius 1 is 1.24 bits per heavy atom. The Labute approximate surface area is 104 Å². The Kier molecular flexibility index (Phi) is 4.26. The molecule has 4 heteroatoms. The number of piperidine rings is 1. The van der Waals surface area contributed by atoms with Crippen LogP contribution in [0.3, 0.4) is 0 Å². The first-order chi connectivity index (χ1) is 8.16. The molecular formula is C13H25N3O. The lowest BCUT2D eigenvalue weighted by molar-refractivity contribution is 0.0886. The lowest BCUT2D eigenvalue weighted by atomic mass is 9.92. The third kappa shape index (κ3) is 3.35. The van der Waals surface area contributed by atoms with Gasteiger partial charge in [0.25, 0.3) is 0 Å². The van der Waals surface area contributed by atoms with Crippen LogP contribution in [0.25, 0.3) is 0 Å². The topological polar surface area (TPSA) is 61.8 Å². The molecule has 4 nitrogen and oxygen atoms in total. The Bertz CT molecular complexity index is 264. The highest BCUT2D eigenvalue weighted by Crippen LogP contribution is 2.23. The van der Waals surface area contributed by atoms with Gasteiger partial charge in [-0.2, -0.15) is 0 Å². The van der Waals surface area contributed by atoms with Crippen LogP contribution in [0.2, 0.25) is 0 Å². The van der Waals surface area contributed by atoms with Crippen molar-refractivity contribution < 1.29 is 5.11 Å². The van der Waals surface area contributed by atoms with Gasteiger partial charge in [0.15, 0.2) is 5.96 Å². The minimum atomic E-state index is -0.190. The number of hydrogen-bond acceptors (Lipinski definition) is 2. The minimum Gasteiger partial charge on any atom is -0.393 e. The molecule has 1 atom stereocenters. The first kappa shape index (κ1) is 12.7. The van der Waals surface area contributed by atoms with Crippen LogP contribution >= 0.6 is 0 Å². The molecule has 0 aromatic rings. The number of hydrogen-bond donors (Lipinski definition) is 2. The maximum atomic E-state index is 9.55. The van der Waals surface area contributed by atoms with E-state index in [1.807, 2.05) is 6.92 Å². The van der Waals surface area contributed by atoms with E-state index in [4.69, 9.17) is 5.73 Å². The average molecular weight is 239 g/mol. The molecule has 0 aromatic carbocycles. The van der Waals surface area contributed by atoms with E-state index in [9.17, 15) is 5.11 Å². The number of aliphatic hydroxyl groups excluding tert-OH is 1. The maximum absolute atomic E-state index is 9.55. The highest BCUT2D eigenvalue weighted by atomic mass is 16.3. The maximum Gasteiger partial charge on any atom is 0.191 e. The van der Waals surface area contributed by atoms with Gasteiger partial charge in [-0.05, 0) is 38.5 Å². The van der Waals surface area contributed by atoms with Crippen LogP contribution in [-0.2, 0) is 0 Å². The van der Waals surface area contributed by atoms with Gasteiger partial charge in [-0.25, -0.2) is 4.99 Å². The zero-order chi connectivity index (χ0) is 12.3. The summed E-state index contributed by atoms with van der Waals surface area (Å²) in [6, 6.07) is 0.462. The van der Waals surface area contributed by atoms with Gasteiger partial charge in [-0.3, -0.25) is 0 Å². The molecule has 1 heterocycles. The predicted octanol–water partition coefficient (Wildman–Crippen LogP) is 1.34. The molecule has 1 aliphatic heterocycles. The second kappa shape index (κ2) is 5.71. The highest BCUT2D eigenvalue weighted by molar-refractivity contribution is 5.78. The van der Waals surface area contributed by atoms with Crippen LogP contribution in [-0.4, -0.2) is 41.2 Å². The summed E-state index contributed by atoms with van der Waals surface area (Å²) in [5.41, 5.74) is 6.06. The lowest BCUT2D eigenvalue weighted by Gasteiger charge is -2.34. The van der Waals surface area contributed by atoms with Crippen molar-refractivity contribution in [1.82, 2.24) is 4.90 Å². The number of likely N-dealkylation sites (tertiary alicyclic amines) is 1. The van der Waals surface area contributed by atoms with Crippen LogP contribution in [0.1, 0.15) is 45.4 Å². The largest absolute Gasteiger partial charge is 0.393 e. The van der Waals surface area contributed by atoms with E-state index in [0.29, 0.717) is 12.0 Å². The molecule has 0 amide bonds. The molecule has 3 N–H and O–H groups in total. The van der Waals surface area contributed by atoms with E-state index in [-0.39, 0.29) is 6.10 Å². The Balaban J connectivity index is 1.83. The van der Waals surface area contributed by atoms with Gasteiger partial charge in [-0.1, -0.05) is 12.8 Å². The fraction of sp³-hybridized carbons (Fsp3) is 0.923. The van der Waals surface area contributed by atoms with E-state index in [0.717, 1.165) is 31.9 Å². The third-order valence-corrected chi connectivity index (χ3v) is 4.19. The Morgan fingerprint density at radius 3 is 2.35 bits per heavy atom. The molecule has 0 aromatic heterocycles. The lowest BCUT2D eigenvalue weighted by Crippen LogP contribution is -2.44. The highest BCUT2D eigenvalue weighted by Gasteiger charge is 2.24. The van der Waals surface area contributed by atoms with Crippen molar-refractivity contribution in [3.05, 3.63) is 0 Å².